The highest BCUT2D eigenvalue weighted by Gasteiger charge is 2.32. The van der Waals surface area contributed by atoms with E-state index in [2.05, 4.69) is 9.97 Å². The number of benzene rings is 2. The number of carbonyl (C=O) groups is 1. The number of ether oxygens (including phenoxy) is 1. The lowest BCUT2D eigenvalue weighted by molar-refractivity contribution is 0.0218. The number of carbonyl (C=O) groups excluding carboxylic acids is 1. The average Bonchev–Trinajstić information content (AvgIpc) is 2.88. The van der Waals surface area contributed by atoms with Crippen LogP contribution in [0.4, 0.5) is 15.0 Å². The van der Waals surface area contributed by atoms with Gasteiger partial charge in [0, 0.05) is 25.7 Å². The summed E-state index contributed by atoms with van der Waals surface area (Å²) >= 11 is 6.65. The molecule has 11 heteroatoms. The summed E-state index contributed by atoms with van der Waals surface area (Å²) in [6, 6.07) is 14.1. The highest BCUT2D eigenvalue weighted by molar-refractivity contribution is 6.34. The third-order valence-electron chi connectivity index (χ3n) is 6.60. The van der Waals surface area contributed by atoms with Crippen LogP contribution in [0.2, 0.25) is 5.02 Å². The zero-order chi connectivity index (χ0) is 28.8. The van der Waals surface area contributed by atoms with Gasteiger partial charge >= 0.3 is 11.8 Å². The monoisotopic (exact) mass is 565 g/mol. The molecule has 0 radical (unpaired) electrons. The summed E-state index contributed by atoms with van der Waals surface area (Å²) < 4.78 is 21.7. The van der Waals surface area contributed by atoms with Gasteiger partial charge in [-0.25, -0.2) is 23.5 Å². The number of aromatic nitrogens is 3. The van der Waals surface area contributed by atoms with Crippen LogP contribution in [0.1, 0.15) is 27.7 Å². The Labute approximate surface area is 235 Å². The summed E-state index contributed by atoms with van der Waals surface area (Å²) in [6.45, 7) is 8.45. The minimum atomic E-state index is -0.705. The molecule has 1 N–H and O–H groups in total. The smallest absolute Gasteiger partial charge is 0.410 e. The fourth-order valence-corrected chi connectivity index (χ4v) is 5.07. The predicted octanol–water partition coefficient (Wildman–Crippen LogP) is 5.39. The Morgan fingerprint density at radius 3 is 2.48 bits per heavy atom. The van der Waals surface area contributed by atoms with E-state index in [1.165, 1.54) is 22.8 Å². The van der Waals surface area contributed by atoms with Gasteiger partial charge in [-0.3, -0.25) is 0 Å². The number of halogens is 2. The van der Waals surface area contributed by atoms with Gasteiger partial charge in [-0.05, 0) is 58.0 Å². The van der Waals surface area contributed by atoms with Crippen LogP contribution in [0.3, 0.4) is 0 Å². The number of aromatic hydroxyl groups is 1. The number of nitrogens with zero attached hydrogens (tertiary/aromatic N) is 5. The number of anilines is 1. The van der Waals surface area contributed by atoms with Crippen LogP contribution in [-0.4, -0.2) is 61.9 Å². The van der Waals surface area contributed by atoms with Gasteiger partial charge in [-0.2, -0.15) is 4.98 Å². The standard InChI is InChI=1S/C29H29ClFN5O4/c1-17-16-34(28(39)40-29(2,3)4)13-14-35(17)25-19-15-20(30)24(23-21(31)11-8-12-22(23)37)32-26(19)36(27(38)33-25)18-9-6-5-7-10-18/h5-12,15,17,37H,13-14,16H2,1-4H3/t17-/m0/s1. The van der Waals surface area contributed by atoms with Crippen molar-refractivity contribution in [3.05, 3.63) is 75.9 Å². The van der Waals surface area contributed by atoms with E-state index in [0.29, 0.717) is 36.5 Å². The van der Waals surface area contributed by atoms with Crippen LogP contribution >= 0.6 is 11.6 Å². The van der Waals surface area contributed by atoms with E-state index in [-0.39, 0.29) is 33.7 Å². The van der Waals surface area contributed by atoms with Crippen LogP contribution in [0.25, 0.3) is 28.0 Å². The molecule has 0 aliphatic carbocycles. The first kappa shape index (κ1) is 27.4. The van der Waals surface area contributed by atoms with Crippen molar-refractivity contribution >= 4 is 34.5 Å². The maximum atomic E-state index is 14.9. The van der Waals surface area contributed by atoms with Crippen LogP contribution in [0, 0.1) is 5.82 Å². The Kier molecular flexibility index (Phi) is 7.14. The van der Waals surface area contributed by atoms with Gasteiger partial charge in [-0.15, -0.1) is 0 Å². The van der Waals surface area contributed by atoms with Crippen molar-refractivity contribution in [2.45, 2.75) is 39.3 Å². The topological polar surface area (TPSA) is 101 Å². The molecule has 9 nitrogen and oxygen atoms in total. The highest BCUT2D eigenvalue weighted by atomic mass is 35.5. The molecule has 0 spiro atoms. The molecule has 2 aromatic carbocycles. The Morgan fingerprint density at radius 2 is 1.82 bits per heavy atom. The number of phenolic OH excluding ortho intramolecular Hbond substituents is 1. The lowest BCUT2D eigenvalue weighted by Crippen LogP contribution is -2.55. The van der Waals surface area contributed by atoms with Crippen molar-refractivity contribution in [1.82, 2.24) is 19.4 Å². The lowest BCUT2D eigenvalue weighted by atomic mass is 10.1. The summed E-state index contributed by atoms with van der Waals surface area (Å²) in [5.41, 5.74) is -0.672. The number of hydrogen-bond donors (Lipinski definition) is 1. The minimum absolute atomic E-state index is 0.00575. The Hall–Kier alpha value is -4.18. The molecule has 1 fully saturated rings. The van der Waals surface area contributed by atoms with Crippen molar-refractivity contribution < 1.29 is 19.0 Å². The first-order valence-electron chi connectivity index (χ1n) is 12.9. The number of hydrogen-bond acceptors (Lipinski definition) is 7. The van der Waals surface area contributed by atoms with Crippen molar-refractivity contribution in [2.75, 3.05) is 24.5 Å². The summed E-state index contributed by atoms with van der Waals surface area (Å²) in [5, 5.41) is 11.0. The Balaban J connectivity index is 1.66. The number of fused-ring (bicyclic) bond motifs is 1. The van der Waals surface area contributed by atoms with Gasteiger partial charge in [-0.1, -0.05) is 35.9 Å². The molecule has 1 aliphatic heterocycles. The van der Waals surface area contributed by atoms with Gasteiger partial charge < -0.3 is 19.6 Å². The Morgan fingerprint density at radius 1 is 1.10 bits per heavy atom. The summed E-state index contributed by atoms with van der Waals surface area (Å²) in [5.74, 6) is -0.686. The molecule has 1 amide bonds. The molecule has 0 unspecified atom stereocenters. The molecular weight excluding hydrogens is 537 g/mol. The fraction of sp³-hybridized carbons (Fsp3) is 0.310. The lowest BCUT2D eigenvalue weighted by Gasteiger charge is -2.41. The van der Waals surface area contributed by atoms with E-state index in [1.807, 2.05) is 38.7 Å². The van der Waals surface area contributed by atoms with Crippen molar-refractivity contribution in [2.24, 2.45) is 0 Å². The van der Waals surface area contributed by atoms with Gasteiger partial charge in [0.15, 0.2) is 5.65 Å². The molecule has 2 aromatic heterocycles. The SMILES string of the molecule is C[C@H]1CN(C(=O)OC(C)(C)C)CCN1c1nc(=O)n(-c2ccccc2)c2nc(-c3c(O)cccc3F)c(Cl)cc12. The maximum Gasteiger partial charge on any atom is 0.410 e. The zero-order valence-electron chi connectivity index (χ0n) is 22.6. The molecule has 1 saturated heterocycles. The molecule has 3 heterocycles. The number of phenols is 1. The second kappa shape index (κ2) is 10.4. The highest BCUT2D eigenvalue weighted by Crippen LogP contribution is 2.38. The summed E-state index contributed by atoms with van der Waals surface area (Å²) in [7, 11) is 0. The summed E-state index contributed by atoms with van der Waals surface area (Å²) in [6.07, 6.45) is -0.407. The largest absolute Gasteiger partial charge is 0.507 e. The van der Waals surface area contributed by atoms with Crippen molar-refractivity contribution in [1.29, 1.82) is 0 Å². The zero-order valence-corrected chi connectivity index (χ0v) is 23.3. The van der Waals surface area contributed by atoms with E-state index in [0.717, 1.165) is 0 Å². The summed E-state index contributed by atoms with van der Waals surface area (Å²) in [4.78, 5) is 38.9. The fourth-order valence-electron chi connectivity index (χ4n) is 4.82. The molecule has 0 saturated carbocycles. The predicted molar refractivity (Wildman–Crippen MR) is 152 cm³/mol. The number of para-hydroxylation sites is 1. The van der Waals surface area contributed by atoms with Gasteiger partial charge in [0.25, 0.3) is 0 Å². The molecule has 1 aliphatic rings. The first-order chi connectivity index (χ1) is 18.9. The molecule has 208 valence electrons. The molecule has 5 rings (SSSR count). The van der Waals surface area contributed by atoms with E-state index in [9.17, 15) is 19.1 Å². The van der Waals surface area contributed by atoms with E-state index in [4.69, 9.17) is 16.3 Å². The van der Waals surface area contributed by atoms with Gasteiger partial charge in [0.1, 0.15) is 23.0 Å². The van der Waals surface area contributed by atoms with E-state index >= 15 is 0 Å². The third-order valence-corrected chi connectivity index (χ3v) is 6.88. The second-order valence-corrected chi connectivity index (χ2v) is 11.1. The average molecular weight is 566 g/mol. The van der Waals surface area contributed by atoms with Crippen molar-refractivity contribution in [3.63, 3.8) is 0 Å². The maximum absolute atomic E-state index is 14.9. The van der Waals surface area contributed by atoms with Gasteiger partial charge in [0.2, 0.25) is 0 Å². The third kappa shape index (κ3) is 5.19. The molecular formula is C29H29ClFN5O4. The number of amides is 1. The van der Waals surface area contributed by atoms with Gasteiger partial charge in [0.05, 0.1) is 27.4 Å². The molecule has 40 heavy (non-hydrogen) atoms. The van der Waals surface area contributed by atoms with Crippen molar-refractivity contribution in [3.8, 4) is 22.7 Å². The Bertz CT molecular complexity index is 1630. The molecule has 1 atom stereocenters. The van der Waals surface area contributed by atoms with Crippen LogP contribution in [0.5, 0.6) is 5.75 Å². The van der Waals surface area contributed by atoms with Crippen LogP contribution < -0.4 is 10.6 Å². The number of rotatable bonds is 3. The first-order valence-corrected chi connectivity index (χ1v) is 13.2. The number of piperazine rings is 1. The quantitative estimate of drug-likeness (QED) is 0.355. The van der Waals surface area contributed by atoms with E-state index < -0.39 is 23.2 Å². The van der Waals surface area contributed by atoms with Crippen LogP contribution in [-0.2, 0) is 4.74 Å². The number of pyridine rings is 1. The molecule has 0 bridgehead atoms. The second-order valence-electron chi connectivity index (χ2n) is 10.7. The van der Waals surface area contributed by atoms with Crippen LogP contribution in [0.15, 0.2) is 59.4 Å². The minimum Gasteiger partial charge on any atom is -0.507 e. The normalized spacial score (nSPS) is 15.9. The molecule has 4 aromatic rings. The van der Waals surface area contributed by atoms with E-state index in [1.54, 1.807) is 35.2 Å².